The van der Waals surface area contributed by atoms with E-state index in [-0.39, 0.29) is 118 Å². The third kappa shape index (κ3) is 35.4. The summed E-state index contributed by atoms with van der Waals surface area (Å²) in [5.74, 6) is 0.533. The van der Waals surface area contributed by atoms with E-state index in [2.05, 4.69) is 21.2 Å². The topological polar surface area (TPSA) is 250 Å². The van der Waals surface area contributed by atoms with E-state index in [0.29, 0.717) is 45.0 Å². The van der Waals surface area contributed by atoms with Crippen molar-refractivity contribution in [2.75, 3.05) is 144 Å². The average Bonchev–Trinajstić information content (AvgIpc) is 1.15. The molecule has 2 fully saturated rings. The fourth-order valence-corrected chi connectivity index (χ4v) is 8.87. The SMILES string of the molecule is CC(C)(C)OC(=O)NCCOCCOCCOc1cc(CN2CCN(C(=O)OC(C)(C)C)CCN(C(=O)OC(C)(C)C)CCN(C(=O)OC(C)(C)C)CC2)cc(CN2CCN(C(=O)OC(C)(C)C)CCN(C(=O)OC(C)(C)C)CCN(C(=O)OC(C)(C)C)CC2)c1. The fraction of sp³-hybridized carbons (Fsp3) is 0.800. The predicted molar refractivity (Wildman–Crippen MR) is 345 cm³/mol. The molecule has 2 aliphatic heterocycles. The van der Waals surface area contributed by atoms with Crippen LogP contribution >= 0.6 is 0 Å². The highest BCUT2D eigenvalue weighted by Gasteiger charge is 2.33. The molecule has 0 aromatic heterocycles. The first kappa shape index (κ1) is 79.0. The summed E-state index contributed by atoms with van der Waals surface area (Å²) in [6, 6.07) is 5.95. The summed E-state index contributed by atoms with van der Waals surface area (Å²) >= 11 is 0. The molecular weight excluding hydrogens is 1180 g/mol. The number of carbonyl (C=O) groups excluding carboxylic acids is 7. The molecule has 0 saturated carbocycles. The summed E-state index contributed by atoms with van der Waals surface area (Å²) in [5.41, 5.74) is -3.82. The molecule has 2 aliphatic rings. The number of carbonyl (C=O) groups is 7. The van der Waals surface area contributed by atoms with Gasteiger partial charge in [-0.2, -0.15) is 0 Å². The third-order valence-corrected chi connectivity index (χ3v) is 12.8. The van der Waals surface area contributed by atoms with Crippen molar-refractivity contribution in [3.05, 3.63) is 29.3 Å². The van der Waals surface area contributed by atoms with Crippen LogP contribution in [0.25, 0.3) is 0 Å². The first-order valence-corrected chi connectivity index (χ1v) is 32.0. The Morgan fingerprint density at radius 1 is 0.319 bits per heavy atom. The van der Waals surface area contributed by atoms with Gasteiger partial charge in [0.15, 0.2) is 0 Å². The van der Waals surface area contributed by atoms with Crippen molar-refractivity contribution in [3.63, 3.8) is 0 Å². The van der Waals surface area contributed by atoms with Gasteiger partial charge >= 0.3 is 42.7 Å². The number of ether oxygens (including phenoxy) is 10. The third-order valence-electron chi connectivity index (χ3n) is 12.8. The Morgan fingerprint density at radius 2 is 0.549 bits per heavy atom. The zero-order valence-electron chi connectivity index (χ0n) is 59.2. The Kier molecular flexibility index (Phi) is 30.5. The second-order valence-corrected chi connectivity index (χ2v) is 29.8. The Hall–Kier alpha value is -6.25. The molecule has 0 spiro atoms. The molecule has 1 N–H and O–H groups in total. The van der Waals surface area contributed by atoms with Gasteiger partial charge in [-0.3, -0.25) is 9.80 Å². The molecule has 2 heterocycles. The molecule has 2 saturated heterocycles. The molecular formula is C65H115N9O17. The van der Waals surface area contributed by atoms with Crippen molar-refractivity contribution in [1.29, 1.82) is 0 Å². The lowest BCUT2D eigenvalue weighted by atomic mass is 10.1. The largest absolute Gasteiger partial charge is 0.491 e. The molecule has 0 aliphatic carbocycles. The summed E-state index contributed by atoms with van der Waals surface area (Å²) in [6.45, 7) is 42.5. The zero-order chi connectivity index (χ0) is 68.8. The molecule has 7 amide bonds. The van der Waals surface area contributed by atoms with Gasteiger partial charge in [-0.15, -0.1) is 0 Å². The number of nitrogens with one attached hydrogen (secondary N) is 1. The van der Waals surface area contributed by atoms with E-state index in [9.17, 15) is 33.6 Å². The van der Waals surface area contributed by atoms with Crippen LogP contribution in [0, 0.1) is 0 Å². The van der Waals surface area contributed by atoms with E-state index in [1.807, 2.05) is 12.1 Å². The summed E-state index contributed by atoms with van der Waals surface area (Å²) in [4.78, 5) is 109. The molecule has 0 unspecified atom stereocenters. The van der Waals surface area contributed by atoms with Gasteiger partial charge in [-0.05, 0) is 169 Å². The summed E-state index contributed by atoms with van der Waals surface area (Å²) in [7, 11) is 0. The molecule has 0 atom stereocenters. The van der Waals surface area contributed by atoms with E-state index < -0.39 is 81.9 Å². The maximum atomic E-state index is 14.0. The van der Waals surface area contributed by atoms with E-state index in [1.54, 1.807) is 165 Å². The second kappa shape index (κ2) is 35.1. The molecule has 1 aromatic carbocycles. The van der Waals surface area contributed by atoms with Crippen LogP contribution in [0.5, 0.6) is 5.75 Å². The first-order valence-electron chi connectivity index (χ1n) is 32.0. The molecule has 522 valence electrons. The first-order chi connectivity index (χ1) is 41.8. The highest BCUT2D eigenvalue weighted by molar-refractivity contribution is 5.72. The molecule has 0 bridgehead atoms. The monoisotopic (exact) mass is 1290 g/mol. The van der Waals surface area contributed by atoms with Gasteiger partial charge in [-0.1, -0.05) is 6.07 Å². The lowest BCUT2D eigenvalue weighted by Gasteiger charge is -2.36. The van der Waals surface area contributed by atoms with Crippen LogP contribution in [0.15, 0.2) is 18.2 Å². The van der Waals surface area contributed by atoms with Gasteiger partial charge in [-0.25, -0.2) is 33.6 Å². The van der Waals surface area contributed by atoms with Crippen molar-refractivity contribution < 1.29 is 80.9 Å². The second-order valence-electron chi connectivity index (χ2n) is 29.8. The number of nitrogens with zero attached hydrogens (tertiary/aromatic N) is 8. The Labute approximate surface area is 543 Å². The van der Waals surface area contributed by atoms with Gasteiger partial charge in [0.05, 0.1) is 26.4 Å². The van der Waals surface area contributed by atoms with Crippen molar-refractivity contribution in [2.45, 2.75) is 198 Å². The van der Waals surface area contributed by atoms with Crippen LogP contribution in [0.2, 0.25) is 0 Å². The Bertz CT molecular complexity index is 2240. The van der Waals surface area contributed by atoms with Gasteiger partial charge in [0.2, 0.25) is 0 Å². The average molecular weight is 1290 g/mol. The molecule has 26 nitrogen and oxygen atoms in total. The standard InChI is InChI=1S/C65H115N9O17/c1-59(2,3)85-52(75)66-22-39-82-40-41-83-42-43-84-51-45-49(47-67-23-27-69(53(76)86-60(4,5)6)31-35-73(57(80)90-64(16,17)18)36-32-70(28-24-67)54(77)87-61(7,8)9)44-50(46-51)48-68-25-29-71(55(78)88-62(10,11)12)33-37-74(58(81)91-65(19,20)21)38-34-72(30-26-68)56(79)89-63(13,14)15/h44-46H,22-43,47-48H2,1-21H3,(H,66,75). The molecule has 0 radical (unpaired) electrons. The Balaban J connectivity index is 2.13. The number of hydrogen-bond donors (Lipinski definition) is 1. The van der Waals surface area contributed by atoms with Crippen LogP contribution in [0.4, 0.5) is 33.6 Å². The fourth-order valence-electron chi connectivity index (χ4n) is 8.87. The molecule has 1 aromatic rings. The predicted octanol–water partition coefficient (Wildman–Crippen LogP) is 9.68. The van der Waals surface area contributed by atoms with Gasteiger partial charge in [0.25, 0.3) is 0 Å². The highest BCUT2D eigenvalue weighted by atomic mass is 16.6. The van der Waals surface area contributed by atoms with Crippen molar-refractivity contribution >= 4 is 42.7 Å². The summed E-state index contributed by atoms with van der Waals surface area (Å²) in [6.07, 6.45) is -3.89. The quantitative estimate of drug-likeness (QED) is 0.134. The Morgan fingerprint density at radius 3 is 0.802 bits per heavy atom. The molecule has 26 heteroatoms. The number of benzene rings is 1. The van der Waals surface area contributed by atoms with Gasteiger partial charge in [0, 0.05) is 124 Å². The van der Waals surface area contributed by atoms with E-state index in [1.165, 1.54) is 9.80 Å². The van der Waals surface area contributed by atoms with Crippen LogP contribution < -0.4 is 10.1 Å². The molecule has 91 heavy (non-hydrogen) atoms. The van der Waals surface area contributed by atoms with Crippen molar-refractivity contribution in [1.82, 2.24) is 44.5 Å². The van der Waals surface area contributed by atoms with Crippen LogP contribution in [-0.2, 0) is 55.7 Å². The number of hydrogen-bond acceptors (Lipinski definition) is 19. The van der Waals surface area contributed by atoms with E-state index in [0.717, 1.165) is 11.1 Å². The van der Waals surface area contributed by atoms with Crippen molar-refractivity contribution in [2.24, 2.45) is 0 Å². The zero-order valence-corrected chi connectivity index (χ0v) is 59.2. The van der Waals surface area contributed by atoms with Crippen LogP contribution in [-0.4, -0.2) is 265 Å². The van der Waals surface area contributed by atoms with Crippen LogP contribution in [0.1, 0.15) is 157 Å². The normalized spacial score (nSPS) is 16.7. The maximum absolute atomic E-state index is 14.0. The minimum absolute atomic E-state index is 0.0925. The highest BCUT2D eigenvalue weighted by Crippen LogP contribution is 2.24. The van der Waals surface area contributed by atoms with E-state index in [4.69, 9.17) is 47.4 Å². The minimum atomic E-state index is -0.814. The lowest BCUT2D eigenvalue weighted by Crippen LogP contribution is -2.51. The van der Waals surface area contributed by atoms with Gasteiger partial charge < -0.3 is 82.1 Å². The lowest BCUT2D eigenvalue weighted by molar-refractivity contribution is 0.00436. The van der Waals surface area contributed by atoms with Gasteiger partial charge in [0.1, 0.15) is 51.6 Å². The summed E-state index contributed by atoms with van der Waals surface area (Å²) in [5, 5.41) is 2.67. The van der Waals surface area contributed by atoms with Crippen LogP contribution in [0.3, 0.4) is 0 Å². The van der Waals surface area contributed by atoms with Crippen molar-refractivity contribution in [3.8, 4) is 5.75 Å². The number of amides is 7. The number of alkyl carbamates (subject to hydrolysis) is 1. The summed E-state index contributed by atoms with van der Waals surface area (Å²) < 4.78 is 58.6. The molecule has 3 rings (SSSR count). The number of rotatable bonds is 14. The smallest absolute Gasteiger partial charge is 0.410 e. The van der Waals surface area contributed by atoms with E-state index >= 15 is 0 Å². The minimum Gasteiger partial charge on any atom is -0.491 e. The maximum Gasteiger partial charge on any atom is 0.410 e.